The summed E-state index contributed by atoms with van der Waals surface area (Å²) in [5, 5.41) is 0. The summed E-state index contributed by atoms with van der Waals surface area (Å²) < 4.78 is 3.37. The van der Waals surface area contributed by atoms with Crippen LogP contribution in [0.5, 0.6) is 0 Å². The summed E-state index contributed by atoms with van der Waals surface area (Å²) in [6.45, 7) is 4.71. The van der Waals surface area contributed by atoms with Crippen molar-refractivity contribution in [3.05, 3.63) is 20.8 Å². The lowest BCUT2D eigenvalue weighted by Crippen LogP contribution is -2.32. The molecule has 1 aliphatic heterocycles. The fourth-order valence-corrected chi connectivity index (χ4v) is 2.99. The Hall–Kier alpha value is -2.05. The zero-order valence-corrected chi connectivity index (χ0v) is 12.6. The maximum atomic E-state index is 12.2. The van der Waals surface area contributed by atoms with E-state index in [4.69, 9.17) is 0 Å². The van der Waals surface area contributed by atoms with Crippen LogP contribution in [0, 0.1) is 0 Å². The molecule has 2 aromatic heterocycles. The molecule has 0 aromatic carbocycles. The molecule has 2 aromatic rings. The Labute approximate surface area is 122 Å². The highest BCUT2D eigenvalue weighted by Crippen LogP contribution is 2.23. The van der Waals surface area contributed by atoms with E-state index in [1.165, 1.54) is 11.0 Å². The number of aryl methyl sites for hydroxylation is 2. The van der Waals surface area contributed by atoms with Crippen LogP contribution in [0.2, 0.25) is 0 Å². The van der Waals surface area contributed by atoms with Gasteiger partial charge in [-0.3, -0.25) is 14.3 Å². The lowest BCUT2D eigenvalue weighted by atomic mass is 10.1. The van der Waals surface area contributed by atoms with Gasteiger partial charge in [0.1, 0.15) is 0 Å². The third-order valence-electron chi connectivity index (χ3n) is 4.07. The summed E-state index contributed by atoms with van der Waals surface area (Å²) in [4.78, 5) is 33.2. The van der Waals surface area contributed by atoms with E-state index in [0.29, 0.717) is 11.2 Å². The number of rotatable bonds is 3. The number of nitrogens with zero attached hydrogens (tertiary/aromatic N) is 4. The number of anilines is 1. The van der Waals surface area contributed by atoms with Crippen LogP contribution in [0.1, 0.15) is 32.6 Å². The van der Waals surface area contributed by atoms with Crippen LogP contribution in [0.15, 0.2) is 9.59 Å². The van der Waals surface area contributed by atoms with Crippen molar-refractivity contribution in [1.29, 1.82) is 0 Å². The summed E-state index contributed by atoms with van der Waals surface area (Å²) in [5.74, 6) is 0.818. The van der Waals surface area contributed by atoms with Crippen molar-refractivity contribution in [2.45, 2.75) is 39.2 Å². The third kappa shape index (κ3) is 2.26. The van der Waals surface area contributed by atoms with E-state index in [0.717, 1.165) is 44.8 Å². The minimum absolute atomic E-state index is 0.350. The van der Waals surface area contributed by atoms with Crippen LogP contribution < -0.4 is 16.1 Å². The average Bonchev–Trinajstić information content (AvgIpc) is 2.86. The zero-order valence-electron chi connectivity index (χ0n) is 12.6. The quantitative estimate of drug-likeness (QED) is 0.908. The first-order valence-corrected chi connectivity index (χ1v) is 7.58. The monoisotopic (exact) mass is 291 g/mol. The Morgan fingerprint density at radius 2 is 1.90 bits per heavy atom. The predicted octanol–water partition coefficient (Wildman–Crippen LogP) is 0.824. The molecule has 21 heavy (non-hydrogen) atoms. The molecule has 0 spiro atoms. The van der Waals surface area contributed by atoms with Gasteiger partial charge in [0, 0.05) is 26.7 Å². The number of H-pyrrole nitrogens is 1. The van der Waals surface area contributed by atoms with E-state index in [1.807, 2.05) is 4.57 Å². The second-order valence-electron chi connectivity index (χ2n) is 5.60. The van der Waals surface area contributed by atoms with Crippen LogP contribution in [0.3, 0.4) is 0 Å². The van der Waals surface area contributed by atoms with E-state index < -0.39 is 5.69 Å². The predicted molar refractivity (Wildman–Crippen MR) is 81.9 cm³/mol. The van der Waals surface area contributed by atoms with Crippen LogP contribution >= 0.6 is 0 Å². The topological polar surface area (TPSA) is 75.9 Å². The van der Waals surface area contributed by atoms with Crippen molar-refractivity contribution in [3.63, 3.8) is 0 Å². The summed E-state index contributed by atoms with van der Waals surface area (Å²) in [7, 11) is 1.64. The molecule has 1 fully saturated rings. The maximum absolute atomic E-state index is 12.2. The first kappa shape index (κ1) is 13.9. The standard InChI is InChI=1S/C14H21N5O2/c1-3-7-19-10-11(17(2)14(21)16-12(10)20)15-13(19)18-8-5-4-6-9-18/h3-9H2,1-2H3,(H,16,20,21). The molecule has 1 saturated heterocycles. The number of fused-ring (bicyclic) bond motifs is 1. The van der Waals surface area contributed by atoms with Gasteiger partial charge in [-0.25, -0.2) is 4.79 Å². The molecule has 1 aliphatic rings. The Morgan fingerprint density at radius 1 is 1.19 bits per heavy atom. The van der Waals surface area contributed by atoms with Crippen LogP contribution in [0.4, 0.5) is 5.95 Å². The molecule has 0 saturated carbocycles. The molecule has 3 rings (SSSR count). The molecule has 0 unspecified atom stereocenters. The molecule has 0 amide bonds. The van der Waals surface area contributed by atoms with Crippen LogP contribution in [-0.4, -0.2) is 32.2 Å². The summed E-state index contributed by atoms with van der Waals surface area (Å²) in [6.07, 6.45) is 4.44. The molecule has 7 nitrogen and oxygen atoms in total. The number of aromatic nitrogens is 4. The fraction of sp³-hybridized carbons (Fsp3) is 0.643. The van der Waals surface area contributed by atoms with Gasteiger partial charge >= 0.3 is 5.69 Å². The Bertz CT molecular complexity index is 764. The van der Waals surface area contributed by atoms with Crippen LogP contribution in [0.25, 0.3) is 11.2 Å². The number of imidazole rings is 1. The molecule has 0 atom stereocenters. The van der Waals surface area contributed by atoms with Crippen molar-refractivity contribution in [3.8, 4) is 0 Å². The minimum Gasteiger partial charge on any atom is -0.342 e. The summed E-state index contributed by atoms with van der Waals surface area (Å²) in [6, 6.07) is 0. The zero-order chi connectivity index (χ0) is 15.0. The SMILES string of the molecule is CCCn1c(N2CCCCC2)nc2c1c(=O)[nH]c(=O)n2C. The molecule has 0 bridgehead atoms. The second kappa shape index (κ2) is 5.38. The Morgan fingerprint density at radius 3 is 2.57 bits per heavy atom. The molecule has 1 N–H and O–H groups in total. The second-order valence-corrected chi connectivity index (χ2v) is 5.60. The van der Waals surface area contributed by atoms with Gasteiger partial charge in [0.2, 0.25) is 5.95 Å². The highest BCUT2D eigenvalue weighted by atomic mass is 16.2. The molecular formula is C14H21N5O2. The highest BCUT2D eigenvalue weighted by Gasteiger charge is 2.22. The number of nitrogens with one attached hydrogen (secondary N) is 1. The van der Waals surface area contributed by atoms with Crippen LogP contribution in [-0.2, 0) is 13.6 Å². The first-order chi connectivity index (χ1) is 10.1. The highest BCUT2D eigenvalue weighted by molar-refractivity contribution is 5.74. The largest absolute Gasteiger partial charge is 0.342 e. The van der Waals surface area contributed by atoms with Crippen molar-refractivity contribution >= 4 is 17.1 Å². The smallest absolute Gasteiger partial charge is 0.329 e. The number of piperidine rings is 1. The molecular weight excluding hydrogens is 270 g/mol. The van der Waals surface area contributed by atoms with Gasteiger partial charge in [-0.05, 0) is 25.7 Å². The Balaban J connectivity index is 2.26. The number of hydrogen-bond donors (Lipinski definition) is 1. The lowest BCUT2D eigenvalue weighted by Gasteiger charge is -2.28. The normalized spacial score (nSPS) is 15.8. The number of aromatic amines is 1. The molecule has 7 heteroatoms. The summed E-state index contributed by atoms with van der Waals surface area (Å²) >= 11 is 0. The minimum atomic E-state index is -0.418. The fourth-order valence-electron chi connectivity index (χ4n) is 2.99. The molecule has 3 heterocycles. The first-order valence-electron chi connectivity index (χ1n) is 7.58. The molecule has 114 valence electrons. The third-order valence-corrected chi connectivity index (χ3v) is 4.07. The van der Waals surface area contributed by atoms with E-state index in [1.54, 1.807) is 7.05 Å². The summed E-state index contributed by atoms with van der Waals surface area (Å²) in [5.41, 5.74) is 0.202. The molecule has 0 aliphatic carbocycles. The van der Waals surface area contributed by atoms with Crippen molar-refractivity contribution in [2.24, 2.45) is 7.05 Å². The van der Waals surface area contributed by atoms with Gasteiger partial charge in [0.15, 0.2) is 11.2 Å². The van der Waals surface area contributed by atoms with Gasteiger partial charge < -0.3 is 9.47 Å². The van der Waals surface area contributed by atoms with E-state index in [9.17, 15) is 9.59 Å². The van der Waals surface area contributed by atoms with Gasteiger partial charge in [-0.2, -0.15) is 4.98 Å². The van der Waals surface area contributed by atoms with Gasteiger partial charge in [-0.1, -0.05) is 6.92 Å². The van der Waals surface area contributed by atoms with Gasteiger partial charge in [-0.15, -0.1) is 0 Å². The molecule has 0 radical (unpaired) electrons. The maximum Gasteiger partial charge on any atom is 0.329 e. The van der Waals surface area contributed by atoms with Crippen molar-refractivity contribution < 1.29 is 0 Å². The number of hydrogen-bond acceptors (Lipinski definition) is 4. The van der Waals surface area contributed by atoms with Gasteiger partial charge in [0.05, 0.1) is 0 Å². The lowest BCUT2D eigenvalue weighted by molar-refractivity contribution is 0.553. The van der Waals surface area contributed by atoms with Crippen molar-refractivity contribution in [2.75, 3.05) is 18.0 Å². The average molecular weight is 291 g/mol. The van der Waals surface area contributed by atoms with Crippen molar-refractivity contribution in [1.82, 2.24) is 19.1 Å². The Kier molecular flexibility index (Phi) is 3.57. The van der Waals surface area contributed by atoms with E-state index in [-0.39, 0.29) is 5.56 Å². The van der Waals surface area contributed by atoms with Gasteiger partial charge in [0.25, 0.3) is 5.56 Å². The van der Waals surface area contributed by atoms with E-state index >= 15 is 0 Å². The van der Waals surface area contributed by atoms with E-state index in [2.05, 4.69) is 21.8 Å².